The van der Waals surface area contributed by atoms with Crippen LogP contribution in [0.5, 0.6) is 0 Å². The number of hydrogen-bond acceptors (Lipinski definition) is 1. The van der Waals surface area contributed by atoms with Crippen LogP contribution in [-0.4, -0.2) is 11.4 Å². The number of aryl methyl sites for hydroxylation is 1. The number of hydrogen-bond donors (Lipinski definition) is 1. The molecule has 2 nitrogen and oxygen atoms in total. The molecule has 0 aliphatic heterocycles. The third kappa shape index (κ3) is 6.12. The van der Waals surface area contributed by atoms with E-state index >= 15 is 0 Å². The van der Waals surface area contributed by atoms with E-state index in [4.69, 9.17) is 0 Å². The maximum Gasteiger partial charge on any atom is 0.224 e. The van der Waals surface area contributed by atoms with E-state index in [1.165, 1.54) is 12.1 Å². The molecule has 4 heteroatoms. The smallest absolute Gasteiger partial charge is 0.224 e. The number of halogens is 2. The van der Waals surface area contributed by atoms with Crippen LogP contribution in [0, 0.1) is 23.0 Å². The first kappa shape index (κ1) is 18.6. The highest BCUT2D eigenvalue weighted by Gasteiger charge is 2.32. The molecule has 1 rings (SSSR count). The van der Waals surface area contributed by atoms with Gasteiger partial charge < -0.3 is 5.32 Å². The van der Waals surface area contributed by atoms with Crippen molar-refractivity contribution in [2.45, 2.75) is 59.9 Å². The Bertz CT molecular complexity index is 507. The zero-order chi connectivity index (χ0) is 17.1. The van der Waals surface area contributed by atoms with Gasteiger partial charge in [0.15, 0.2) is 0 Å². The fourth-order valence-electron chi connectivity index (χ4n) is 2.48. The van der Waals surface area contributed by atoms with Crippen molar-refractivity contribution in [1.82, 2.24) is 5.32 Å². The van der Waals surface area contributed by atoms with E-state index in [0.29, 0.717) is 18.4 Å². The summed E-state index contributed by atoms with van der Waals surface area (Å²) in [6.07, 6.45) is 1.02. The molecule has 0 aliphatic carbocycles. The molecule has 1 N–H and O–H groups in total. The molecule has 124 valence electrons. The van der Waals surface area contributed by atoms with Gasteiger partial charge in [0, 0.05) is 17.5 Å². The molecular weight excluding hydrogens is 284 g/mol. The number of rotatable bonds is 4. The monoisotopic (exact) mass is 311 g/mol. The third-order valence-electron chi connectivity index (χ3n) is 3.50. The zero-order valence-corrected chi connectivity index (χ0v) is 14.4. The minimum Gasteiger partial charge on any atom is -0.351 e. The lowest BCUT2D eigenvalue weighted by atomic mass is 9.76. The molecule has 1 unspecified atom stereocenters. The van der Waals surface area contributed by atoms with Crippen LogP contribution in [-0.2, 0) is 11.2 Å². The number of carbonyl (C=O) groups is 1. The highest BCUT2D eigenvalue weighted by atomic mass is 19.1. The number of benzene rings is 1. The summed E-state index contributed by atoms with van der Waals surface area (Å²) in [6, 6.07) is 3.51. The molecule has 0 saturated heterocycles. The standard InChI is InChI=1S/C18H27F2NO/c1-17(2,3)15(16(22)21-18(4,5)6)8-7-12-9-13(19)11-14(20)10-12/h9-11,15H,7-8H2,1-6H3,(H,21,22). The van der Waals surface area contributed by atoms with Gasteiger partial charge in [0.1, 0.15) is 11.6 Å². The van der Waals surface area contributed by atoms with E-state index in [-0.39, 0.29) is 22.8 Å². The first-order chi connectivity index (χ1) is 9.88. The average molecular weight is 311 g/mol. The Morgan fingerprint density at radius 1 is 1.05 bits per heavy atom. The van der Waals surface area contributed by atoms with Gasteiger partial charge in [0.25, 0.3) is 0 Å². The lowest BCUT2D eigenvalue weighted by Crippen LogP contribution is -2.47. The maximum atomic E-state index is 13.2. The SMILES string of the molecule is CC(C)(C)NC(=O)C(CCc1cc(F)cc(F)c1)C(C)(C)C. The fourth-order valence-corrected chi connectivity index (χ4v) is 2.48. The summed E-state index contributed by atoms with van der Waals surface area (Å²) in [5, 5.41) is 3.00. The second kappa shape index (κ2) is 6.76. The molecule has 1 aromatic rings. The Hall–Kier alpha value is -1.45. The molecule has 1 amide bonds. The van der Waals surface area contributed by atoms with Crippen molar-refractivity contribution < 1.29 is 13.6 Å². The molecule has 0 saturated carbocycles. The van der Waals surface area contributed by atoms with Gasteiger partial charge in [-0.25, -0.2) is 8.78 Å². The van der Waals surface area contributed by atoms with Crippen molar-refractivity contribution in [3.63, 3.8) is 0 Å². The van der Waals surface area contributed by atoms with E-state index in [9.17, 15) is 13.6 Å². The summed E-state index contributed by atoms with van der Waals surface area (Å²) in [7, 11) is 0. The quantitative estimate of drug-likeness (QED) is 0.873. The van der Waals surface area contributed by atoms with Crippen LogP contribution in [0.2, 0.25) is 0 Å². The van der Waals surface area contributed by atoms with Crippen molar-refractivity contribution in [3.05, 3.63) is 35.4 Å². The average Bonchev–Trinajstić information content (AvgIpc) is 2.22. The summed E-state index contributed by atoms with van der Waals surface area (Å²) in [6.45, 7) is 11.8. The highest BCUT2D eigenvalue weighted by Crippen LogP contribution is 2.31. The predicted molar refractivity (Wildman–Crippen MR) is 85.5 cm³/mol. The molecular formula is C18H27F2NO. The summed E-state index contributed by atoms with van der Waals surface area (Å²) < 4.78 is 26.5. The van der Waals surface area contributed by atoms with Crippen LogP contribution < -0.4 is 5.32 Å². The van der Waals surface area contributed by atoms with Crippen molar-refractivity contribution in [1.29, 1.82) is 0 Å². The highest BCUT2D eigenvalue weighted by molar-refractivity contribution is 5.80. The van der Waals surface area contributed by atoms with Crippen LogP contribution in [0.25, 0.3) is 0 Å². The van der Waals surface area contributed by atoms with E-state index in [1.54, 1.807) is 0 Å². The van der Waals surface area contributed by atoms with Crippen LogP contribution in [0.1, 0.15) is 53.5 Å². The molecule has 0 aromatic heterocycles. The van der Waals surface area contributed by atoms with Crippen LogP contribution in [0.3, 0.4) is 0 Å². The van der Waals surface area contributed by atoms with Crippen LogP contribution >= 0.6 is 0 Å². The number of nitrogens with one attached hydrogen (secondary N) is 1. The molecule has 0 fully saturated rings. The largest absolute Gasteiger partial charge is 0.351 e. The Labute approximate surface area is 132 Å². The Morgan fingerprint density at radius 3 is 1.95 bits per heavy atom. The van der Waals surface area contributed by atoms with Crippen molar-refractivity contribution >= 4 is 5.91 Å². The maximum absolute atomic E-state index is 13.2. The molecule has 0 bridgehead atoms. The third-order valence-corrected chi connectivity index (χ3v) is 3.50. The Kier molecular flexibility index (Phi) is 5.71. The molecule has 1 atom stereocenters. The lowest BCUT2D eigenvalue weighted by Gasteiger charge is -2.33. The second-order valence-corrected chi connectivity index (χ2v) is 7.97. The molecule has 0 heterocycles. The first-order valence-electron chi connectivity index (χ1n) is 7.65. The summed E-state index contributed by atoms with van der Waals surface area (Å²) in [5.74, 6) is -1.40. The summed E-state index contributed by atoms with van der Waals surface area (Å²) in [5.41, 5.74) is 0.0579. The van der Waals surface area contributed by atoms with Gasteiger partial charge in [-0.05, 0) is 56.7 Å². The number of amides is 1. The first-order valence-corrected chi connectivity index (χ1v) is 7.65. The minimum absolute atomic E-state index is 0.0168. The van der Waals surface area contributed by atoms with E-state index in [0.717, 1.165) is 6.07 Å². The van der Waals surface area contributed by atoms with Crippen molar-refractivity contribution in [2.24, 2.45) is 11.3 Å². The van der Waals surface area contributed by atoms with Crippen LogP contribution in [0.15, 0.2) is 18.2 Å². The second-order valence-electron chi connectivity index (χ2n) is 7.97. The van der Waals surface area contributed by atoms with Crippen molar-refractivity contribution in [3.8, 4) is 0 Å². The molecule has 22 heavy (non-hydrogen) atoms. The Balaban J connectivity index is 2.84. The van der Waals surface area contributed by atoms with Gasteiger partial charge in [-0.2, -0.15) is 0 Å². The summed E-state index contributed by atoms with van der Waals surface area (Å²) >= 11 is 0. The topological polar surface area (TPSA) is 29.1 Å². The fraction of sp³-hybridized carbons (Fsp3) is 0.611. The lowest BCUT2D eigenvalue weighted by molar-refractivity contribution is -0.130. The van der Waals surface area contributed by atoms with Gasteiger partial charge in [0.2, 0.25) is 5.91 Å². The zero-order valence-electron chi connectivity index (χ0n) is 14.4. The van der Waals surface area contributed by atoms with Gasteiger partial charge >= 0.3 is 0 Å². The molecule has 0 aliphatic rings. The molecule has 0 radical (unpaired) electrons. The van der Waals surface area contributed by atoms with E-state index in [1.807, 2.05) is 41.5 Å². The predicted octanol–water partition coefficient (Wildman–Crippen LogP) is 4.47. The van der Waals surface area contributed by atoms with Gasteiger partial charge in [-0.15, -0.1) is 0 Å². The van der Waals surface area contributed by atoms with Gasteiger partial charge in [-0.3, -0.25) is 4.79 Å². The van der Waals surface area contributed by atoms with E-state index < -0.39 is 11.6 Å². The van der Waals surface area contributed by atoms with Crippen molar-refractivity contribution in [2.75, 3.05) is 0 Å². The minimum atomic E-state index is -0.582. The molecule has 1 aromatic carbocycles. The Morgan fingerprint density at radius 2 is 1.55 bits per heavy atom. The van der Waals surface area contributed by atoms with E-state index in [2.05, 4.69) is 5.32 Å². The normalized spacial score (nSPS) is 13.8. The van der Waals surface area contributed by atoms with Gasteiger partial charge in [-0.1, -0.05) is 20.8 Å². The summed E-state index contributed by atoms with van der Waals surface area (Å²) in [4.78, 5) is 12.5. The number of carbonyl (C=O) groups excluding carboxylic acids is 1. The molecule has 0 spiro atoms. The van der Waals surface area contributed by atoms with Gasteiger partial charge in [0.05, 0.1) is 0 Å². The van der Waals surface area contributed by atoms with Crippen LogP contribution in [0.4, 0.5) is 8.78 Å².